The van der Waals surface area contributed by atoms with E-state index in [9.17, 15) is 4.79 Å². The van der Waals surface area contributed by atoms with Crippen molar-refractivity contribution in [1.29, 1.82) is 0 Å². The average molecular weight is 333 g/mol. The number of hydrogen-bond acceptors (Lipinski definition) is 5. The second-order valence-electron chi connectivity index (χ2n) is 6.04. The molecule has 0 bridgehead atoms. The summed E-state index contributed by atoms with van der Waals surface area (Å²) in [7, 11) is 1.68. The molecule has 5 heteroatoms. The number of ether oxygens (including phenoxy) is 2. The van der Waals surface area contributed by atoms with Gasteiger partial charge in [0.2, 0.25) is 0 Å². The Bertz CT molecular complexity index is 599. The summed E-state index contributed by atoms with van der Waals surface area (Å²) in [6.07, 6.45) is 4.10. The lowest BCUT2D eigenvalue weighted by atomic mass is 9.76. The van der Waals surface area contributed by atoms with Gasteiger partial charge < -0.3 is 14.3 Å². The first kappa shape index (κ1) is 18.5. The Balaban J connectivity index is 2.30. The summed E-state index contributed by atoms with van der Waals surface area (Å²) in [5.41, 5.74) is 3.08. The lowest BCUT2D eigenvalue weighted by molar-refractivity contribution is -0.141. The van der Waals surface area contributed by atoms with Gasteiger partial charge in [0.1, 0.15) is 5.75 Å². The Labute approximate surface area is 144 Å². The van der Waals surface area contributed by atoms with Crippen LogP contribution in [0.15, 0.2) is 23.4 Å². The monoisotopic (exact) mass is 333 g/mol. The largest absolute Gasteiger partial charge is 0.497 e. The molecular formula is C19H27NO4. The van der Waals surface area contributed by atoms with Crippen LogP contribution in [-0.4, -0.2) is 25.4 Å². The average Bonchev–Trinajstić information content (AvgIpc) is 2.60. The molecule has 2 rings (SSSR count). The summed E-state index contributed by atoms with van der Waals surface area (Å²) >= 11 is 0. The van der Waals surface area contributed by atoms with Crippen LogP contribution in [0, 0.1) is 0 Å². The maximum Gasteiger partial charge on any atom is 0.331 e. The molecule has 1 aliphatic rings. The highest BCUT2D eigenvalue weighted by molar-refractivity contribution is 5.85. The van der Waals surface area contributed by atoms with Crippen LogP contribution in [-0.2, 0) is 26.4 Å². The van der Waals surface area contributed by atoms with Gasteiger partial charge in [-0.1, -0.05) is 18.1 Å². The Kier molecular flexibility index (Phi) is 6.37. The third-order valence-corrected chi connectivity index (χ3v) is 4.55. The van der Waals surface area contributed by atoms with Crippen LogP contribution in [0.4, 0.5) is 0 Å². The Hall–Kier alpha value is -1.88. The van der Waals surface area contributed by atoms with E-state index in [0.717, 1.165) is 43.6 Å². The van der Waals surface area contributed by atoms with Gasteiger partial charge in [-0.2, -0.15) is 0 Å². The van der Waals surface area contributed by atoms with Crippen molar-refractivity contribution in [2.24, 2.45) is 5.16 Å². The molecule has 0 spiro atoms. The molecule has 0 radical (unpaired) electrons. The SMILES string of the molecule is CCOC1(c2cc(OC)ccc2CC)CCC(=NOC(C)=O)CC1. The highest BCUT2D eigenvalue weighted by atomic mass is 16.7. The van der Waals surface area contributed by atoms with Gasteiger partial charge in [0, 0.05) is 13.5 Å². The number of aryl methyl sites for hydroxylation is 1. The van der Waals surface area contributed by atoms with Gasteiger partial charge in [0.05, 0.1) is 18.4 Å². The van der Waals surface area contributed by atoms with Crippen LogP contribution in [0.1, 0.15) is 57.6 Å². The molecule has 1 aliphatic carbocycles. The highest BCUT2D eigenvalue weighted by Crippen LogP contribution is 2.42. The minimum absolute atomic E-state index is 0.329. The number of carbonyl (C=O) groups is 1. The summed E-state index contributed by atoms with van der Waals surface area (Å²) in [4.78, 5) is 15.7. The molecule has 0 amide bonds. The molecule has 0 aliphatic heterocycles. The van der Waals surface area contributed by atoms with Crippen molar-refractivity contribution in [3.05, 3.63) is 29.3 Å². The predicted octanol–water partition coefficient (Wildman–Crippen LogP) is 3.98. The standard InChI is InChI=1S/C19H27NO4/c1-5-15-7-8-17(22-4)13-18(15)19(23-6-2)11-9-16(10-12-19)20-24-14(3)21/h7-8,13H,5-6,9-12H2,1-4H3. The molecule has 0 N–H and O–H groups in total. The van der Waals surface area contributed by atoms with Crippen molar-refractivity contribution in [1.82, 2.24) is 0 Å². The first-order valence-corrected chi connectivity index (χ1v) is 8.59. The molecule has 1 aromatic rings. The van der Waals surface area contributed by atoms with Crippen molar-refractivity contribution in [3.8, 4) is 5.75 Å². The van der Waals surface area contributed by atoms with E-state index in [1.165, 1.54) is 18.1 Å². The van der Waals surface area contributed by atoms with Gasteiger partial charge in [0.15, 0.2) is 0 Å². The van der Waals surface area contributed by atoms with Crippen LogP contribution in [0.5, 0.6) is 5.75 Å². The molecule has 1 saturated carbocycles. The summed E-state index contributed by atoms with van der Waals surface area (Å²) in [6.45, 7) is 6.19. The van der Waals surface area contributed by atoms with Gasteiger partial charge in [-0.05, 0) is 62.3 Å². The second kappa shape index (κ2) is 8.29. The summed E-state index contributed by atoms with van der Waals surface area (Å²) < 4.78 is 11.7. The van der Waals surface area contributed by atoms with E-state index in [2.05, 4.69) is 24.2 Å². The van der Waals surface area contributed by atoms with Gasteiger partial charge in [-0.3, -0.25) is 0 Å². The van der Waals surface area contributed by atoms with E-state index in [-0.39, 0.29) is 11.6 Å². The Morgan fingerprint density at radius 3 is 2.50 bits per heavy atom. The lowest BCUT2D eigenvalue weighted by Gasteiger charge is -2.39. The molecule has 5 nitrogen and oxygen atoms in total. The van der Waals surface area contributed by atoms with E-state index in [4.69, 9.17) is 14.3 Å². The maximum absolute atomic E-state index is 10.9. The number of carbonyl (C=O) groups excluding carboxylic acids is 1. The minimum atomic E-state index is -0.384. The summed E-state index contributed by atoms with van der Waals surface area (Å²) in [5, 5.41) is 3.97. The number of hydrogen-bond donors (Lipinski definition) is 0. The van der Waals surface area contributed by atoms with Gasteiger partial charge in [-0.25, -0.2) is 4.79 Å². The molecule has 1 fully saturated rings. The number of nitrogens with zero attached hydrogens (tertiary/aromatic N) is 1. The van der Waals surface area contributed by atoms with Gasteiger partial charge in [0.25, 0.3) is 0 Å². The molecule has 0 unspecified atom stereocenters. The van der Waals surface area contributed by atoms with Crippen LogP contribution in [0.3, 0.4) is 0 Å². The Morgan fingerprint density at radius 1 is 1.25 bits per heavy atom. The van der Waals surface area contributed by atoms with Crippen molar-refractivity contribution in [2.75, 3.05) is 13.7 Å². The molecule has 1 aromatic carbocycles. The van der Waals surface area contributed by atoms with Crippen LogP contribution in [0.2, 0.25) is 0 Å². The number of benzene rings is 1. The number of oxime groups is 1. The van der Waals surface area contributed by atoms with Crippen molar-refractivity contribution in [3.63, 3.8) is 0 Å². The number of rotatable bonds is 6. The summed E-state index contributed by atoms with van der Waals surface area (Å²) in [6, 6.07) is 6.22. The van der Waals surface area contributed by atoms with Gasteiger partial charge in [-0.15, -0.1) is 0 Å². The third-order valence-electron chi connectivity index (χ3n) is 4.55. The van der Waals surface area contributed by atoms with E-state index in [0.29, 0.717) is 6.61 Å². The van der Waals surface area contributed by atoms with Crippen molar-refractivity contribution >= 4 is 11.7 Å². The fourth-order valence-electron chi connectivity index (χ4n) is 3.35. The molecule has 0 atom stereocenters. The molecular weight excluding hydrogens is 306 g/mol. The van der Waals surface area contributed by atoms with Crippen molar-refractivity contribution in [2.45, 2.75) is 58.5 Å². The predicted molar refractivity (Wildman–Crippen MR) is 93.3 cm³/mol. The van der Waals surface area contributed by atoms with E-state index >= 15 is 0 Å². The van der Waals surface area contributed by atoms with Gasteiger partial charge >= 0.3 is 5.97 Å². The zero-order valence-corrected chi connectivity index (χ0v) is 15.1. The fourth-order valence-corrected chi connectivity index (χ4v) is 3.35. The topological polar surface area (TPSA) is 57.1 Å². The minimum Gasteiger partial charge on any atom is -0.497 e. The van der Waals surface area contributed by atoms with E-state index < -0.39 is 0 Å². The maximum atomic E-state index is 10.9. The quantitative estimate of drug-likeness (QED) is 0.583. The van der Waals surface area contributed by atoms with Crippen molar-refractivity contribution < 1.29 is 19.1 Å². The zero-order chi connectivity index (χ0) is 17.6. The molecule has 132 valence electrons. The van der Waals surface area contributed by atoms with E-state index in [1.807, 2.05) is 13.0 Å². The lowest BCUT2D eigenvalue weighted by Crippen LogP contribution is -2.36. The first-order chi connectivity index (χ1) is 11.5. The zero-order valence-electron chi connectivity index (χ0n) is 15.1. The highest BCUT2D eigenvalue weighted by Gasteiger charge is 2.38. The molecule has 24 heavy (non-hydrogen) atoms. The molecule has 0 aromatic heterocycles. The Morgan fingerprint density at radius 2 is 1.96 bits per heavy atom. The normalized spacial score (nSPS) is 20.6. The number of methoxy groups -OCH3 is 1. The van der Waals surface area contributed by atoms with Crippen LogP contribution < -0.4 is 4.74 Å². The van der Waals surface area contributed by atoms with Crippen LogP contribution in [0.25, 0.3) is 0 Å². The second-order valence-corrected chi connectivity index (χ2v) is 6.04. The van der Waals surface area contributed by atoms with Crippen LogP contribution >= 0.6 is 0 Å². The van der Waals surface area contributed by atoms with E-state index in [1.54, 1.807) is 7.11 Å². The summed E-state index contributed by atoms with van der Waals surface area (Å²) in [5.74, 6) is 0.464. The smallest absolute Gasteiger partial charge is 0.331 e. The molecule has 0 heterocycles. The molecule has 0 saturated heterocycles. The first-order valence-electron chi connectivity index (χ1n) is 8.59. The third kappa shape index (κ3) is 4.15. The fraction of sp³-hybridized carbons (Fsp3) is 0.579.